The number of aliphatic carboxylic acids is 1. The van der Waals surface area contributed by atoms with Crippen LogP contribution in [0, 0.1) is 12.8 Å². The van der Waals surface area contributed by atoms with Crippen LogP contribution in [-0.4, -0.2) is 39.5 Å². The standard InChI is InChI=1S/C27H26Cl2F2N2O3/c1-4-27(30,31)17-11-15(2)20-13-18(32(3)23(20)12-17)14-21-22(28)6-5-19(24(21)29)25(34)33-9-7-16(8-10-33)26(35)36/h4-6,11-13,16H,1,7-10,14H2,2-3H3,(H,35,36). The molecule has 1 N–H and O–H groups in total. The van der Waals surface area contributed by atoms with Crippen molar-refractivity contribution < 1.29 is 23.5 Å². The number of rotatable bonds is 6. The van der Waals surface area contributed by atoms with Crippen molar-refractivity contribution in [2.24, 2.45) is 13.0 Å². The quantitative estimate of drug-likeness (QED) is 0.362. The van der Waals surface area contributed by atoms with E-state index in [-0.39, 0.29) is 22.9 Å². The number of aryl methyl sites for hydroxylation is 2. The van der Waals surface area contributed by atoms with E-state index in [9.17, 15) is 23.5 Å². The fourth-order valence-corrected chi connectivity index (χ4v) is 5.33. The third-order valence-electron chi connectivity index (χ3n) is 7.02. The molecule has 1 aromatic heterocycles. The second-order valence-corrected chi connectivity index (χ2v) is 10.0. The van der Waals surface area contributed by atoms with E-state index in [2.05, 4.69) is 6.58 Å². The van der Waals surface area contributed by atoms with Crippen molar-refractivity contribution in [1.29, 1.82) is 0 Å². The van der Waals surface area contributed by atoms with E-state index in [4.69, 9.17) is 23.2 Å². The predicted molar refractivity (Wildman–Crippen MR) is 137 cm³/mol. The summed E-state index contributed by atoms with van der Waals surface area (Å²) in [5.41, 5.74) is 2.87. The Morgan fingerprint density at radius 1 is 1.19 bits per heavy atom. The number of benzene rings is 2. The lowest BCUT2D eigenvalue weighted by Gasteiger charge is -2.30. The average Bonchev–Trinajstić information content (AvgIpc) is 3.17. The van der Waals surface area contributed by atoms with Crippen LogP contribution in [0.15, 0.2) is 43.0 Å². The number of alkyl halides is 2. The van der Waals surface area contributed by atoms with Gasteiger partial charge in [-0.25, -0.2) is 0 Å². The topological polar surface area (TPSA) is 62.5 Å². The summed E-state index contributed by atoms with van der Waals surface area (Å²) in [6.45, 7) is 5.70. The van der Waals surface area contributed by atoms with Crippen LogP contribution in [0.5, 0.6) is 0 Å². The van der Waals surface area contributed by atoms with Crippen molar-refractivity contribution in [2.75, 3.05) is 13.1 Å². The minimum absolute atomic E-state index is 0.134. The van der Waals surface area contributed by atoms with E-state index >= 15 is 0 Å². The lowest BCUT2D eigenvalue weighted by atomic mass is 9.96. The van der Waals surface area contributed by atoms with Gasteiger partial charge in [0.2, 0.25) is 0 Å². The van der Waals surface area contributed by atoms with Crippen LogP contribution in [0.25, 0.3) is 10.9 Å². The Kier molecular flexibility index (Phi) is 7.17. The van der Waals surface area contributed by atoms with Crippen molar-refractivity contribution in [2.45, 2.75) is 32.1 Å². The number of carbonyl (C=O) groups excluding carboxylic acids is 1. The zero-order valence-corrected chi connectivity index (χ0v) is 21.5. The van der Waals surface area contributed by atoms with Crippen molar-refractivity contribution in [3.05, 3.63) is 81.0 Å². The number of piperidine rings is 1. The van der Waals surface area contributed by atoms with Crippen LogP contribution in [0.2, 0.25) is 10.0 Å². The fraction of sp³-hybridized carbons (Fsp3) is 0.333. The number of likely N-dealkylation sites (tertiary alicyclic amines) is 1. The first-order valence-electron chi connectivity index (χ1n) is 11.5. The highest BCUT2D eigenvalue weighted by molar-refractivity contribution is 6.38. The predicted octanol–water partition coefficient (Wildman–Crippen LogP) is 6.60. The molecule has 2 aromatic carbocycles. The lowest BCUT2D eigenvalue weighted by Crippen LogP contribution is -2.40. The van der Waals surface area contributed by atoms with Gasteiger partial charge >= 0.3 is 5.97 Å². The molecule has 9 heteroatoms. The van der Waals surface area contributed by atoms with Crippen LogP contribution in [0.1, 0.15) is 45.6 Å². The van der Waals surface area contributed by atoms with E-state index in [1.165, 1.54) is 12.1 Å². The minimum atomic E-state index is -3.15. The summed E-state index contributed by atoms with van der Waals surface area (Å²) in [5, 5.41) is 10.7. The average molecular weight is 535 g/mol. The number of allylic oxidation sites excluding steroid dienone is 1. The first-order chi connectivity index (χ1) is 16.9. The summed E-state index contributed by atoms with van der Waals surface area (Å²) in [4.78, 5) is 26.0. The summed E-state index contributed by atoms with van der Waals surface area (Å²) in [6, 6.07) is 8.03. The molecule has 1 amide bonds. The fourth-order valence-electron chi connectivity index (χ4n) is 4.75. The number of nitrogens with zero attached hydrogens (tertiary/aromatic N) is 2. The Balaban J connectivity index is 1.67. The summed E-state index contributed by atoms with van der Waals surface area (Å²) in [7, 11) is 1.79. The first-order valence-corrected chi connectivity index (χ1v) is 12.3. The van der Waals surface area contributed by atoms with E-state index in [1.54, 1.807) is 31.0 Å². The molecule has 0 bridgehead atoms. The molecule has 2 heterocycles. The number of hydrogen-bond acceptors (Lipinski definition) is 2. The van der Waals surface area contributed by atoms with Gasteiger partial charge in [-0.2, -0.15) is 8.78 Å². The van der Waals surface area contributed by atoms with Crippen molar-refractivity contribution in [3.8, 4) is 0 Å². The van der Waals surface area contributed by atoms with Crippen LogP contribution in [0.4, 0.5) is 8.78 Å². The Morgan fingerprint density at radius 2 is 1.86 bits per heavy atom. The number of amides is 1. The maximum Gasteiger partial charge on any atom is 0.306 e. The normalized spacial score (nSPS) is 14.9. The second kappa shape index (κ2) is 9.87. The Hall–Kier alpha value is -2.90. The summed E-state index contributed by atoms with van der Waals surface area (Å²) < 4.78 is 30.4. The van der Waals surface area contributed by atoms with Gasteiger partial charge in [0, 0.05) is 53.7 Å². The molecule has 1 aliphatic rings. The molecule has 5 nitrogen and oxygen atoms in total. The smallest absolute Gasteiger partial charge is 0.306 e. The van der Waals surface area contributed by atoms with E-state index in [0.29, 0.717) is 59.2 Å². The van der Waals surface area contributed by atoms with Gasteiger partial charge in [-0.15, -0.1) is 0 Å². The second-order valence-electron chi connectivity index (χ2n) is 9.22. The first kappa shape index (κ1) is 26.2. The highest BCUT2D eigenvalue weighted by Gasteiger charge is 2.30. The van der Waals surface area contributed by atoms with Crippen LogP contribution in [0.3, 0.4) is 0 Å². The molecule has 1 saturated heterocycles. The summed E-state index contributed by atoms with van der Waals surface area (Å²) in [6.07, 6.45) is 1.70. The largest absolute Gasteiger partial charge is 0.481 e. The molecule has 190 valence electrons. The maximum atomic E-state index is 14.3. The van der Waals surface area contributed by atoms with Gasteiger partial charge < -0.3 is 14.6 Å². The monoisotopic (exact) mass is 534 g/mol. The molecule has 0 unspecified atom stereocenters. The zero-order chi connectivity index (χ0) is 26.4. The molecule has 0 atom stereocenters. The number of aromatic nitrogens is 1. The SMILES string of the molecule is C=CC(F)(F)c1cc(C)c2cc(Cc3c(Cl)ccc(C(=O)N4CCC(C(=O)O)CC4)c3Cl)n(C)c2c1. The molecule has 0 aliphatic carbocycles. The van der Waals surface area contributed by atoms with Gasteiger partial charge in [0.1, 0.15) is 0 Å². The number of carboxylic acids is 1. The number of hydrogen-bond donors (Lipinski definition) is 1. The molecule has 0 spiro atoms. The number of carbonyl (C=O) groups is 2. The molecule has 3 aromatic rings. The third-order valence-corrected chi connectivity index (χ3v) is 7.80. The van der Waals surface area contributed by atoms with Gasteiger partial charge in [-0.05, 0) is 67.3 Å². The van der Waals surface area contributed by atoms with Gasteiger partial charge in [-0.1, -0.05) is 29.8 Å². The van der Waals surface area contributed by atoms with Crippen LogP contribution < -0.4 is 0 Å². The Labute approximate surface area is 217 Å². The Bertz CT molecular complexity index is 1380. The molecular formula is C27H26Cl2F2N2O3. The van der Waals surface area contributed by atoms with Crippen molar-refractivity contribution in [1.82, 2.24) is 9.47 Å². The van der Waals surface area contributed by atoms with E-state index in [0.717, 1.165) is 11.1 Å². The van der Waals surface area contributed by atoms with Crippen molar-refractivity contribution >= 4 is 46.0 Å². The van der Waals surface area contributed by atoms with Gasteiger partial charge in [0.05, 0.1) is 16.5 Å². The zero-order valence-electron chi connectivity index (χ0n) is 20.0. The number of fused-ring (bicyclic) bond motifs is 1. The van der Waals surface area contributed by atoms with Crippen molar-refractivity contribution in [3.63, 3.8) is 0 Å². The maximum absolute atomic E-state index is 14.3. The van der Waals surface area contributed by atoms with E-state index in [1.807, 2.05) is 10.6 Å². The molecule has 1 fully saturated rings. The highest BCUT2D eigenvalue weighted by Crippen LogP contribution is 2.36. The van der Waals surface area contributed by atoms with Crippen LogP contribution in [-0.2, 0) is 24.2 Å². The van der Waals surface area contributed by atoms with Crippen LogP contribution >= 0.6 is 23.2 Å². The molecular weight excluding hydrogens is 509 g/mol. The van der Waals surface area contributed by atoms with E-state index < -0.39 is 17.8 Å². The highest BCUT2D eigenvalue weighted by atomic mass is 35.5. The van der Waals surface area contributed by atoms with Gasteiger partial charge in [0.15, 0.2) is 0 Å². The molecule has 0 radical (unpaired) electrons. The molecule has 36 heavy (non-hydrogen) atoms. The number of halogens is 4. The van der Waals surface area contributed by atoms with Gasteiger partial charge in [-0.3, -0.25) is 9.59 Å². The number of carboxylic acid groups (broad SMARTS) is 1. The van der Waals surface area contributed by atoms with Gasteiger partial charge in [0.25, 0.3) is 11.8 Å². The molecule has 0 saturated carbocycles. The summed E-state index contributed by atoms with van der Waals surface area (Å²) >= 11 is 13.2. The lowest BCUT2D eigenvalue weighted by molar-refractivity contribution is -0.143. The molecule has 1 aliphatic heterocycles. The third kappa shape index (κ3) is 4.74. The molecule has 4 rings (SSSR count). The summed E-state index contributed by atoms with van der Waals surface area (Å²) in [5.74, 6) is -4.72. The Morgan fingerprint density at radius 3 is 2.47 bits per heavy atom. The minimum Gasteiger partial charge on any atom is -0.481 e.